The number of alkyl halides is 3. The van der Waals surface area contributed by atoms with Gasteiger partial charge in [-0.15, -0.1) is 0 Å². The van der Waals surface area contributed by atoms with Crippen LogP contribution in [0.5, 0.6) is 0 Å². The van der Waals surface area contributed by atoms with Crippen molar-refractivity contribution in [2.75, 3.05) is 5.01 Å². The van der Waals surface area contributed by atoms with Gasteiger partial charge < -0.3 is 9.52 Å². The fourth-order valence-electron chi connectivity index (χ4n) is 3.42. The molecule has 0 radical (unpaired) electrons. The Hall–Kier alpha value is -4.74. The minimum atomic E-state index is -5.01. The molecule has 35 heavy (non-hydrogen) atoms. The summed E-state index contributed by atoms with van der Waals surface area (Å²) in [5, 5.41) is 24.4. The Bertz CT molecular complexity index is 1440. The van der Waals surface area contributed by atoms with E-state index in [9.17, 15) is 32.9 Å². The maximum atomic E-state index is 13.7. The largest absolute Gasteiger partial charge is 0.478 e. The van der Waals surface area contributed by atoms with Crippen molar-refractivity contribution in [2.24, 2.45) is 5.10 Å². The number of carbonyl (C=O) groups excluding carboxylic acids is 1. The molecule has 0 saturated carbocycles. The van der Waals surface area contributed by atoms with Crippen molar-refractivity contribution in [3.05, 3.63) is 87.2 Å². The van der Waals surface area contributed by atoms with Crippen LogP contribution in [-0.2, 0) is 4.79 Å². The maximum Gasteiger partial charge on any atom is 0.435 e. The van der Waals surface area contributed by atoms with E-state index in [1.165, 1.54) is 42.5 Å². The van der Waals surface area contributed by atoms with Crippen LogP contribution >= 0.6 is 0 Å². The number of rotatable bonds is 5. The summed E-state index contributed by atoms with van der Waals surface area (Å²) >= 11 is 0. The van der Waals surface area contributed by atoms with E-state index in [1.54, 1.807) is 13.0 Å². The molecule has 3 aromatic rings. The number of nitrogens with zero attached hydrogens (tertiary/aromatic N) is 3. The molecule has 0 spiro atoms. The number of hydrogen-bond acceptors (Lipinski definition) is 6. The molecule has 0 fully saturated rings. The summed E-state index contributed by atoms with van der Waals surface area (Å²) in [5.74, 6) is -2.64. The van der Waals surface area contributed by atoms with E-state index in [-0.39, 0.29) is 34.0 Å². The molecular formula is C23H14F3N3O6. The number of carboxylic acids is 1. The highest BCUT2D eigenvalue weighted by molar-refractivity contribution is 6.34. The van der Waals surface area contributed by atoms with Gasteiger partial charge in [-0.25, -0.2) is 4.79 Å². The summed E-state index contributed by atoms with van der Waals surface area (Å²) in [5.41, 5.74) is -2.26. The Balaban J connectivity index is 1.75. The number of hydrazone groups is 1. The molecule has 1 aliphatic heterocycles. The number of nitro groups is 1. The van der Waals surface area contributed by atoms with Crippen LogP contribution < -0.4 is 5.01 Å². The number of halogens is 3. The van der Waals surface area contributed by atoms with Crippen molar-refractivity contribution in [1.29, 1.82) is 0 Å². The zero-order valence-electron chi connectivity index (χ0n) is 17.7. The van der Waals surface area contributed by atoms with Gasteiger partial charge in [0.15, 0.2) is 5.71 Å². The normalized spacial score (nSPS) is 15.0. The predicted molar refractivity (Wildman–Crippen MR) is 118 cm³/mol. The van der Waals surface area contributed by atoms with Gasteiger partial charge in [-0.1, -0.05) is 12.1 Å². The van der Waals surface area contributed by atoms with Gasteiger partial charge in [0.1, 0.15) is 11.5 Å². The quantitative estimate of drug-likeness (QED) is 0.300. The molecule has 0 aliphatic carbocycles. The lowest BCUT2D eigenvalue weighted by atomic mass is 10.1. The molecule has 1 aliphatic rings. The van der Waals surface area contributed by atoms with E-state index in [1.807, 2.05) is 0 Å². The molecule has 2 heterocycles. The number of aromatic carboxylic acids is 1. The van der Waals surface area contributed by atoms with Crippen molar-refractivity contribution in [2.45, 2.75) is 13.1 Å². The monoisotopic (exact) mass is 485 g/mol. The van der Waals surface area contributed by atoms with Gasteiger partial charge in [-0.05, 0) is 55.0 Å². The molecule has 1 amide bonds. The summed E-state index contributed by atoms with van der Waals surface area (Å²) < 4.78 is 46.6. The lowest BCUT2D eigenvalue weighted by Crippen LogP contribution is -2.25. The molecule has 1 N–H and O–H groups in total. The second kappa shape index (κ2) is 8.56. The number of benzene rings is 2. The van der Waals surface area contributed by atoms with Gasteiger partial charge in [0.05, 0.1) is 27.3 Å². The fourth-order valence-corrected chi connectivity index (χ4v) is 3.42. The van der Waals surface area contributed by atoms with E-state index in [0.29, 0.717) is 10.6 Å². The highest BCUT2D eigenvalue weighted by Gasteiger charge is 2.47. The Morgan fingerprint density at radius 1 is 1.17 bits per heavy atom. The molecule has 9 nitrogen and oxygen atoms in total. The third-order valence-corrected chi connectivity index (χ3v) is 5.01. The van der Waals surface area contributed by atoms with Crippen LogP contribution in [0, 0.1) is 17.0 Å². The van der Waals surface area contributed by atoms with E-state index >= 15 is 0 Å². The number of amides is 1. The number of carbonyl (C=O) groups is 2. The van der Waals surface area contributed by atoms with Gasteiger partial charge >= 0.3 is 12.1 Å². The van der Waals surface area contributed by atoms with E-state index in [2.05, 4.69) is 5.10 Å². The van der Waals surface area contributed by atoms with Crippen LogP contribution in [0.2, 0.25) is 0 Å². The van der Waals surface area contributed by atoms with Crippen molar-refractivity contribution < 1.29 is 37.2 Å². The van der Waals surface area contributed by atoms with Crippen molar-refractivity contribution in [3.8, 4) is 11.3 Å². The summed E-state index contributed by atoms with van der Waals surface area (Å²) in [6.07, 6.45) is -4.18. The van der Waals surface area contributed by atoms with Crippen LogP contribution in [0.1, 0.15) is 21.7 Å². The SMILES string of the molecule is Cc1ccc(-c2ccc(C=C3C(=O)N(c4cccc(C(=O)O)c4)N=C3C(F)(F)F)o2)c([N+](=O)[O-])c1. The van der Waals surface area contributed by atoms with E-state index in [4.69, 9.17) is 9.52 Å². The average molecular weight is 485 g/mol. The first-order valence-corrected chi connectivity index (χ1v) is 9.86. The minimum Gasteiger partial charge on any atom is -0.478 e. The van der Waals surface area contributed by atoms with E-state index < -0.39 is 34.3 Å². The Morgan fingerprint density at radius 2 is 1.91 bits per heavy atom. The third-order valence-electron chi connectivity index (χ3n) is 5.01. The Kier molecular flexibility index (Phi) is 5.73. The number of hydrogen-bond donors (Lipinski definition) is 1. The third kappa shape index (κ3) is 4.53. The smallest absolute Gasteiger partial charge is 0.435 e. The van der Waals surface area contributed by atoms with E-state index in [0.717, 1.165) is 12.1 Å². The summed E-state index contributed by atoms with van der Waals surface area (Å²) in [4.78, 5) is 34.8. The predicted octanol–water partition coefficient (Wildman–Crippen LogP) is 5.21. The van der Waals surface area contributed by atoms with Gasteiger partial charge in [0.25, 0.3) is 11.6 Å². The van der Waals surface area contributed by atoms with Gasteiger partial charge in [0, 0.05) is 6.07 Å². The molecule has 0 bridgehead atoms. The second-order valence-electron chi connectivity index (χ2n) is 7.46. The molecule has 2 aromatic carbocycles. The van der Waals surface area contributed by atoms with Crippen LogP contribution in [0.25, 0.3) is 17.4 Å². The Labute approximate surface area is 194 Å². The van der Waals surface area contributed by atoms with Gasteiger partial charge in [-0.2, -0.15) is 23.3 Å². The lowest BCUT2D eigenvalue weighted by molar-refractivity contribution is -0.384. The lowest BCUT2D eigenvalue weighted by Gasteiger charge is -2.11. The van der Waals surface area contributed by atoms with Crippen LogP contribution in [-0.4, -0.2) is 33.8 Å². The number of anilines is 1. The zero-order valence-corrected chi connectivity index (χ0v) is 17.7. The molecule has 0 saturated heterocycles. The van der Waals surface area contributed by atoms with Crippen molar-refractivity contribution in [1.82, 2.24) is 0 Å². The van der Waals surface area contributed by atoms with Crippen LogP contribution in [0.4, 0.5) is 24.5 Å². The number of furan rings is 1. The molecule has 1 aromatic heterocycles. The number of aryl methyl sites for hydroxylation is 1. The fraction of sp³-hybridized carbons (Fsp3) is 0.0870. The van der Waals surface area contributed by atoms with Crippen LogP contribution in [0.15, 0.2) is 69.7 Å². The topological polar surface area (TPSA) is 126 Å². The highest BCUT2D eigenvalue weighted by Crippen LogP contribution is 2.35. The summed E-state index contributed by atoms with van der Waals surface area (Å²) in [6.45, 7) is 1.66. The minimum absolute atomic E-state index is 0.0190. The number of carboxylic acid groups (broad SMARTS) is 1. The molecule has 4 rings (SSSR count). The molecular weight excluding hydrogens is 471 g/mol. The maximum absolute atomic E-state index is 13.7. The first kappa shape index (κ1) is 23.4. The van der Waals surface area contributed by atoms with Gasteiger partial charge in [0.2, 0.25) is 0 Å². The van der Waals surface area contributed by atoms with Crippen LogP contribution in [0.3, 0.4) is 0 Å². The molecule has 12 heteroatoms. The highest BCUT2D eigenvalue weighted by atomic mass is 19.4. The van der Waals surface area contributed by atoms with Crippen molar-refractivity contribution in [3.63, 3.8) is 0 Å². The first-order chi connectivity index (χ1) is 16.5. The molecule has 0 atom stereocenters. The molecule has 178 valence electrons. The second-order valence-corrected chi connectivity index (χ2v) is 7.46. The van der Waals surface area contributed by atoms with Gasteiger partial charge in [-0.3, -0.25) is 14.9 Å². The first-order valence-electron chi connectivity index (χ1n) is 9.86. The zero-order chi connectivity index (χ0) is 25.5. The standard InChI is InChI=1S/C23H14F3N3O6/c1-12-5-7-16(18(9-12)29(33)34)19-8-6-15(35-19)11-17-20(23(24,25)26)27-28(21(17)30)14-4-2-3-13(10-14)22(31)32/h2-11H,1H3,(H,31,32). The molecule has 0 unspecified atom stereocenters. The average Bonchev–Trinajstić information content (AvgIpc) is 3.38. The summed E-state index contributed by atoms with van der Waals surface area (Å²) in [7, 11) is 0. The van der Waals surface area contributed by atoms with Crippen molar-refractivity contribution >= 4 is 35.0 Å². The summed E-state index contributed by atoms with van der Waals surface area (Å²) in [6, 6.07) is 11.7. The number of nitro benzene ring substituents is 1. The Morgan fingerprint density at radius 3 is 2.57 bits per heavy atom.